The van der Waals surface area contributed by atoms with Crippen molar-refractivity contribution in [2.24, 2.45) is 11.8 Å². The maximum absolute atomic E-state index is 14.8. The van der Waals surface area contributed by atoms with Gasteiger partial charge in [0, 0.05) is 42.0 Å². The van der Waals surface area contributed by atoms with Crippen molar-refractivity contribution in [3.05, 3.63) is 78.4 Å². The van der Waals surface area contributed by atoms with Crippen molar-refractivity contribution in [3.63, 3.8) is 0 Å². The fraction of sp³-hybridized carbons (Fsp3) is 0.441. The summed E-state index contributed by atoms with van der Waals surface area (Å²) in [4.78, 5) is 48.7. The SMILES string of the molecule is C=CCN(C(=O)[C@H]1[C@@H]2SC3(CC2Br)C(C(=O)N(CC=C)c2c(C)cccc2Cl)N(CCCO)C(=O)[C@H]13)c1ccc(OCC)cc1. The van der Waals surface area contributed by atoms with Crippen LogP contribution >= 0.6 is 39.3 Å². The lowest BCUT2D eigenvalue weighted by Crippen LogP contribution is -2.56. The van der Waals surface area contributed by atoms with Gasteiger partial charge in [0.15, 0.2) is 0 Å². The summed E-state index contributed by atoms with van der Waals surface area (Å²) in [5.74, 6) is -1.36. The molecule has 3 amide bonds. The van der Waals surface area contributed by atoms with Crippen LogP contribution in [0.2, 0.25) is 5.02 Å². The number of ether oxygens (including phenoxy) is 1. The monoisotopic (exact) mass is 715 g/mol. The van der Waals surface area contributed by atoms with Gasteiger partial charge in [-0.2, -0.15) is 0 Å². The van der Waals surface area contributed by atoms with E-state index in [0.29, 0.717) is 41.6 Å². The lowest BCUT2D eigenvalue weighted by Gasteiger charge is -2.39. The number of halogens is 2. The zero-order chi connectivity index (χ0) is 32.5. The molecule has 3 heterocycles. The highest BCUT2D eigenvalue weighted by molar-refractivity contribution is 9.09. The molecular formula is C34H39BrClN3O5S. The standard InChI is InChI=1S/C34H39BrClN3O5S/c1-5-16-37(22-12-14-23(15-13-22)44-7-3)31(41)26-27-32(42)39(18-9-19-40)30(34(27)20-24(35)29(26)45-34)33(43)38(17-6-2)28-21(4)10-8-11-25(28)36/h5-6,8,10-15,24,26-27,29-30,40H,1-2,7,9,16-20H2,3-4H3/t24?,26-,27+,29-,30?,34?/m1/s1. The van der Waals surface area contributed by atoms with Gasteiger partial charge in [-0.05, 0) is 62.6 Å². The number of hydrogen-bond acceptors (Lipinski definition) is 6. The summed E-state index contributed by atoms with van der Waals surface area (Å²) in [7, 11) is 0. The van der Waals surface area contributed by atoms with Crippen LogP contribution in [-0.2, 0) is 14.4 Å². The first-order valence-corrected chi connectivity index (χ1v) is 17.4. The summed E-state index contributed by atoms with van der Waals surface area (Å²) in [5, 5.41) is 9.96. The first kappa shape index (κ1) is 33.6. The third-order valence-electron chi connectivity index (χ3n) is 8.94. The van der Waals surface area contributed by atoms with Crippen LogP contribution in [0, 0.1) is 18.8 Å². The van der Waals surface area contributed by atoms with Crippen molar-refractivity contribution in [2.75, 3.05) is 42.6 Å². The number of benzene rings is 2. The summed E-state index contributed by atoms with van der Waals surface area (Å²) in [6.45, 7) is 12.6. The molecule has 6 atom stereocenters. The molecule has 8 nitrogen and oxygen atoms in total. The molecule has 3 aliphatic heterocycles. The Balaban J connectivity index is 1.57. The highest BCUT2D eigenvalue weighted by atomic mass is 79.9. The van der Waals surface area contributed by atoms with Gasteiger partial charge in [0.05, 0.1) is 33.9 Å². The second-order valence-corrected chi connectivity index (χ2v) is 14.7. The first-order valence-electron chi connectivity index (χ1n) is 15.2. The molecule has 3 fully saturated rings. The van der Waals surface area contributed by atoms with E-state index >= 15 is 0 Å². The highest BCUT2D eigenvalue weighted by Crippen LogP contribution is 2.68. The fourth-order valence-corrected chi connectivity index (χ4v) is 11.2. The number of alkyl halides is 1. The topological polar surface area (TPSA) is 90.4 Å². The molecule has 2 aromatic carbocycles. The van der Waals surface area contributed by atoms with E-state index in [1.165, 1.54) is 0 Å². The van der Waals surface area contributed by atoms with Gasteiger partial charge in [0.2, 0.25) is 11.8 Å². The van der Waals surface area contributed by atoms with Crippen molar-refractivity contribution in [2.45, 2.75) is 47.6 Å². The van der Waals surface area contributed by atoms with Crippen LogP contribution in [0.15, 0.2) is 67.8 Å². The number of nitrogens with zero attached hydrogens (tertiary/aromatic N) is 3. The van der Waals surface area contributed by atoms with Crippen LogP contribution in [0.3, 0.4) is 0 Å². The number of likely N-dealkylation sites (tertiary alicyclic amines) is 1. The third-order valence-corrected chi connectivity index (χ3v) is 12.5. The molecule has 11 heteroatoms. The molecular weight excluding hydrogens is 678 g/mol. The Morgan fingerprint density at radius 2 is 1.84 bits per heavy atom. The summed E-state index contributed by atoms with van der Waals surface area (Å²) in [6, 6.07) is 11.9. The Labute approximate surface area is 282 Å². The van der Waals surface area contributed by atoms with E-state index in [-0.39, 0.29) is 54.0 Å². The molecule has 0 saturated carbocycles. The van der Waals surface area contributed by atoms with Gasteiger partial charge in [0.25, 0.3) is 5.91 Å². The maximum atomic E-state index is 14.8. The van der Waals surface area contributed by atoms with Gasteiger partial charge >= 0.3 is 0 Å². The minimum atomic E-state index is -0.858. The number of hydrogen-bond donors (Lipinski definition) is 1. The van der Waals surface area contributed by atoms with Crippen LogP contribution in [0.4, 0.5) is 11.4 Å². The van der Waals surface area contributed by atoms with Gasteiger partial charge in [-0.1, -0.05) is 51.8 Å². The number of rotatable bonds is 13. The molecule has 45 heavy (non-hydrogen) atoms. The summed E-state index contributed by atoms with van der Waals surface area (Å²) in [5.41, 5.74) is 2.08. The molecule has 3 unspecified atom stereocenters. The largest absolute Gasteiger partial charge is 0.494 e. The molecule has 3 aliphatic rings. The lowest BCUT2D eigenvalue weighted by molar-refractivity contribution is -0.139. The number of thioether (sulfide) groups is 1. The number of carbonyl (C=O) groups is 3. The number of carbonyl (C=O) groups excluding carboxylic acids is 3. The minimum Gasteiger partial charge on any atom is -0.494 e. The average Bonchev–Trinajstić information content (AvgIpc) is 3.61. The molecule has 2 bridgehead atoms. The lowest BCUT2D eigenvalue weighted by atomic mass is 9.70. The van der Waals surface area contributed by atoms with Crippen molar-refractivity contribution < 1.29 is 24.2 Å². The number of fused-ring (bicyclic) bond motifs is 1. The summed E-state index contributed by atoms with van der Waals surface area (Å²) < 4.78 is 4.74. The predicted molar refractivity (Wildman–Crippen MR) is 185 cm³/mol. The quantitative estimate of drug-likeness (QED) is 0.214. The second-order valence-electron chi connectivity index (χ2n) is 11.6. The molecule has 3 saturated heterocycles. The van der Waals surface area contributed by atoms with Gasteiger partial charge in [-0.15, -0.1) is 24.9 Å². The number of anilines is 2. The third kappa shape index (κ3) is 5.83. The molecule has 2 aromatic rings. The van der Waals surface area contributed by atoms with Crippen LogP contribution in [0.1, 0.15) is 25.3 Å². The van der Waals surface area contributed by atoms with E-state index in [1.807, 2.05) is 50.2 Å². The average molecular weight is 717 g/mol. The van der Waals surface area contributed by atoms with Gasteiger partial charge < -0.3 is 24.5 Å². The van der Waals surface area contributed by atoms with E-state index in [1.54, 1.807) is 44.7 Å². The maximum Gasteiger partial charge on any atom is 0.251 e. The number of aryl methyl sites for hydroxylation is 1. The van der Waals surface area contributed by atoms with E-state index in [9.17, 15) is 19.5 Å². The fourth-order valence-electron chi connectivity index (χ4n) is 7.23. The van der Waals surface area contributed by atoms with Crippen LogP contribution in [0.5, 0.6) is 5.75 Å². The van der Waals surface area contributed by atoms with Crippen molar-refractivity contribution in [3.8, 4) is 5.75 Å². The smallest absolute Gasteiger partial charge is 0.251 e. The molecule has 240 valence electrons. The normalized spacial score (nSPS) is 26.5. The zero-order valence-electron chi connectivity index (χ0n) is 25.5. The van der Waals surface area contributed by atoms with Gasteiger partial charge in [0.1, 0.15) is 11.8 Å². The summed E-state index contributed by atoms with van der Waals surface area (Å²) in [6.07, 6.45) is 4.17. The molecule has 1 N–H and O–H groups in total. The van der Waals surface area contributed by atoms with E-state index in [0.717, 1.165) is 5.56 Å². The van der Waals surface area contributed by atoms with Crippen molar-refractivity contribution in [1.29, 1.82) is 0 Å². The second kappa shape index (κ2) is 13.9. The van der Waals surface area contributed by atoms with Crippen LogP contribution in [-0.4, -0.2) is 81.4 Å². The van der Waals surface area contributed by atoms with Crippen molar-refractivity contribution >= 4 is 68.4 Å². The Morgan fingerprint density at radius 1 is 1.16 bits per heavy atom. The minimum absolute atomic E-state index is 0.0885. The Bertz CT molecular complexity index is 1450. The number of aliphatic hydroxyl groups is 1. The Morgan fingerprint density at radius 3 is 2.47 bits per heavy atom. The zero-order valence-corrected chi connectivity index (χ0v) is 28.7. The molecule has 1 spiro atoms. The predicted octanol–water partition coefficient (Wildman–Crippen LogP) is 5.63. The first-order chi connectivity index (χ1) is 21.6. The van der Waals surface area contributed by atoms with E-state index in [2.05, 4.69) is 29.1 Å². The van der Waals surface area contributed by atoms with Crippen LogP contribution in [0.25, 0.3) is 0 Å². The van der Waals surface area contributed by atoms with Gasteiger partial charge in [-0.3, -0.25) is 14.4 Å². The molecule has 5 rings (SSSR count). The van der Waals surface area contributed by atoms with Gasteiger partial charge in [-0.25, -0.2) is 0 Å². The van der Waals surface area contributed by atoms with Crippen LogP contribution < -0.4 is 14.5 Å². The number of para-hydroxylation sites is 1. The van der Waals surface area contributed by atoms with E-state index < -0.39 is 22.6 Å². The number of amides is 3. The molecule has 0 aliphatic carbocycles. The Hall–Kier alpha value is -2.79. The molecule has 0 radical (unpaired) electrons. The molecule has 0 aromatic heterocycles. The number of aliphatic hydroxyl groups excluding tert-OH is 1. The van der Waals surface area contributed by atoms with Crippen molar-refractivity contribution in [1.82, 2.24) is 4.90 Å². The highest BCUT2D eigenvalue weighted by Gasteiger charge is 2.76. The summed E-state index contributed by atoms with van der Waals surface area (Å²) >= 11 is 12.1. The Kier molecular flexibility index (Phi) is 10.4. The van der Waals surface area contributed by atoms with E-state index in [4.69, 9.17) is 16.3 Å².